The molecule has 0 fully saturated rings. The molecule has 9 rings (SSSR count). The number of aromatic hydroxyl groups is 1. The quantitative estimate of drug-likeness (QED) is 0.208. The number of hydrogen-bond donors (Lipinski definition) is 1. The molecule has 0 atom stereocenters. The topological polar surface area (TPSA) is 63.6 Å². The molecule has 48 heavy (non-hydrogen) atoms. The molecule has 0 unspecified atom stereocenters. The molecule has 0 aliphatic heterocycles. The molecule has 9 aromatic rings. The van der Waals surface area contributed by atoms with Gasteiger partial charge in [-0.25, -0.2) is 9.97 Å². The smallest absolute Gasteiger partial charge is 0.144 e. The Kier molecular flexibility index (Phi) is 6.44. The maximum atomic E-state index is 10.8. The van der Waals surface area contributed by atoms with E-state index in [1.54, 1.807) is 6.07 Å². The van der Waals surface area contributed by atoms with Crippen molar-refractivity contribution in [3.63, 3.8) is 0 Å². The summed E-state index contributed by atoms with van der Waals surface area (Å²) in [5.74, 6) is 0.195. The van der Waals surface area contributed by atoms with E-state index in [4.69, 9.17) is 14.4 Å². The summed E-state index contributed by atoms with van der Waals surface area (Å²) in [6.07, 6.45) is 2.05. The number of hydrogen-bond acceptors (Lipinski definition) is 4. The van der Waals surface area contributed by atoms with Gasteiger partial charge in [0.25, 0.3) is 0 Å². The summed E-state index contributed by atoms with van der Waals surface area (Å²) in [5.41, 5.74) is 12.8. The van der Waals surface area contributed by atoms with Crippen molar-refractivity contribution in [3.05, 3.63) is 157 Å². The van der Waals surface area contributed by atoms with Crippen LogP contribution in [0.5, 0.6) is 5.75 Å². The molecule has 5 heteroatoms. The second-order valence-electron chi connectivity index (χ2n) is 12.1. The van der Waals surface area contributed by atoms with E-state index >= 15 is 0 Å². The average Bonchev–Trinajstić information content (AvgIpc) is 3.71. The zero-order valence-corrected chi connectivity index (χ0v) is 26.1. The Morgan fingerprint density at radius 2 is 1.27 bits per heavy atom. The van der Waals surface area contributed by atoms with Crippen molar-refractivity contribution in [1.82, 2.24) is 14.4 Å². The zero-order chi connectivity index (χ0) is 32.2. The molecule has 5 aromatic carbocycles. The third kappa shape index (κ3) is 4.56. The molecule has 0 saturated heterocycles. The van der Waals surface area contributed by atoms with Crippen molar-refractivity contribution < 1.29 is 9.52 Å². The zero-order valence-electron chi connectivity index (χ0n) is 26.1. The first kappa shape index (κ1) is 27.8. The second-order valence-corrected chi connectivity index (χ2v) is 12.1. The highest BCUT2D eigenvalue weighted by Gasteiger charge is 2.21. The molecule has 5 nitrogen and oxygen atoms in total. The van der Waals surface area contributed by atoms with Gasteiger partial charge in [-0.15, -0.1) is 0 Å². The Labute approximate surface area is 277 Å². The van der Waals surface area contributed by atoms with Gasteiger partial charge in [0, 0.05) is 39.2 Å². The first-order valence-corrected chi connectivity index (χ1v) is 16.0. The molecule has 0 amide bonds. The fraction of sp³-hybridized carbons (Fsp3) is 0.0233. The van der Waals surface area contributed by atoms with Gasteiger partial charge in [0.05, 0.1) is 22.8 Å². The summed E-state index contributed by atoms with van der Waals surface area (Å²) in [5, 5.41) is 13.0. The van der Waals surface area contributed by atoms with Crippen LogP contribution in [0.15, 0.2) is 156 Å². The summed E-state index contributed by atoms with van der Waals surface area (Å²) in [6.45, 7) is 2.11. The highest BCUT2D eigenvalue weighted by Crippen LogP contribution is 2.41. The summed E-state index contributed by atoms with van der Waals surface area (Å²) in [6, 6.07) is 48.8. The second kappa shape index (κ2) is 11.1. The van der Waals surface area contributed by atoms with Gasteiger partial charge in [0.15, 0.2) is 0 Å². The van der Waals surface area contributed by atoms with Gasteiger partial charge in [0.1, 0.15) is 22.6 Å². The Balaban J connectivity index is 1.26. The van der Waals surface area contributed by atoms with Gasteiger partial charge in [-0.1, -0.05) is 91.0 Å². The number of phenols is 1. The minimum Gasteiger partial charge on any atom is -0.507 e. The van der Waals surface area contributed by atoms with Gasteiger partial charge < -0.3 is 9.52 Å². The van der Waals surface area contributed by atoms with Crippen LogP contribution < -0.4 is 0 Å². The fourth-order valence-electron chi connectivity index (χ4n) is 6.77. The number of aryl methyl sites for hydroxylation is 1. The molecule has 0 bridgehead atoms. The Hall–Kier alpha value is -6.46. The predicted octanol–water partition coefficient (Wildman–Crippen LogP) is 11.0. The monoisotopic (exact) mass is 619 g/mol. The lowest BCUT2D eigenvalue weighted by atomic mass is 9.96. The molecule has 0 radical (unpaired) electrons. The normalized spacial score (nSPS) is 11.5. The molecule has 0 saturated carbocycles. The highest BCUT2D eigenvalue weighted by atomic mass is 16.3. The SMILES string of the molecule is Cc1ccccc1-c1cc(-c2cccc(-c3nc4ccccn4c3-c3cccc4c3oc3ccccc34)c2)nc(-c2ccccc2O)c1. The fourth-order valence-corrected chi connectivity index (χ4v) is 6.77. The first-order valence-electron chi connectivity index (χ1n) is 16.0. The van der Waals surface area contributed by atoms with Crippen molar-refractivity contribution in [2.75, 3.05) is 0 Å². The van der Waals surface area contributed by atoms with Crippen molar-refractivity contribution >= 4 is 27.6 Å². The lowest BCUT2D eigenvalue weighted by Crippen LogP contribution is -1.93. The first-order chi connectivity index (χ1) is 23.6. The number of phenolic OH excluding ortho intramolecular Hbond substituents is 1. The van der Waals surface area contributed by atoms with Crippen molar-refractivity contribution in [2.24, 2.45) is 0 Å². The summed E-state index contributed by atoms with van der Waals surface area (Å²) < 4.78 is 8.63. The van der Waals surface area contributed by atoms with Crippen molar-refractivity contribution in [1.29, 1.82) is 0 Å². The van der Waals surface area contributed by atoms with Crippen molar-refractivity contribution in [3.8, 4) is 61.9 Å². The van der Waals surface area contributed by atoms with Gasteiger partial charge >= 0.3 is 0 Å². The number of imidazole rings is 1. The van der Waals surface area contributed by atoms with Gasteiger partial charge in [-0.3, -0.25) is 4.40 Å². The number of benzene rings is 5. The van der Waals surface area contributed by atoms with E-state index < -0.39 is 0 Å². The van der Waals surface area contributed by atoms with E-state index in [1.807, 2.05) is 60.7 Å². The Bertz CT molecular complexity index is 2600. The molecule has 1 N–H and O–H groups in total. The average molecular weight is 620 g/mol. The predicted molar refractivity (Wildman–Crippen MR) is 194 cm³/mol. The number of fused-ring (bicyclic) bond motifs is 4. The van der Waals surface area contributed by atoms with Crippen LogP contribution in [0.4, 0.5) is 0 Å². The van der Waals surface area contributed by atoms with Crippen LogP contribution in [0.25, 0.3) is 83.7 Å². The minimum absolute atomic E-state index is 0.195. The van der Waals surface area contributed by atoms with E-state index in [0.717, 1.165) is 72.5 Å². The Morgan fingerprint density at radius 3 is 2.17 bits per heavy atom. The molecule has 228 valence electrons. The number of nitrogens with zero attached hydrogens (tertiary/aromatic N) is 3. The van der Waals surface area contributed by atoms with Crippen molar-refractivity contribution in [2.45, 2.75) is 6.92 Å². The number of para-hydroxylation sites is 3. The number of pyridine rings is 2. The molecule has 0 aliphatic rings. The molecule has 4 aromatic heterocycles. The number of furan rings is 1. The van der Waals surface area contributed by atoms with E-state index in [9.17, 15) is 5.11 Å². The molecule has 0 spiro atoms. The van der Waals surface area contributed by atoms with E-state index in [2.05, 4.69) is 96.4 Å². The van der Waals surface area contributed by atoms with Crippen LogP contribution in [0.3, 0.4) is 0 Å². The number of rotatable bonds is 5. The molecule has 4 heterocycles. The number of aromatic nitrogens is 3. The Morgan fingerprint density at radius 1 is 0.562 bits per heavy atom. The highest BCUT2D eigenvalue weighted by molar-refractivity contribution is 6.10. The van der Waals surface area contributed by atoms with Gasteiger partial charge in [-0.05, 0) is 78.2 Å². The molecule has 0 aliphatic carbocycles. The maximum Gasteiger partial charge on any atom is 0.144 e. The summed E-state index contributed by atoms with van der Waals surface area (Å²) in [4.78, 5) is 10.3. The summed E-state index contributed by atoms with van der Waals surface area (Å²) in [7, 11) is 0. The third-order valence-corrected chi connectivity index (χ3v) is 9.08. The lowest BCUT2D eigenvalue weighted by molar-refractivity contribution is 0.477. The summed E-state index contributed by atoms with van der Waals surface area (Å²) >= 11 is 0. The van der Waals surface area contributed by atoms with Crippen LogP contribution in [-0.2, 0) is 0 Å². The third-order valence-electron chi connectivity index (χ3n) is 9.08. The van der Waals surface area contributed by atoms with Gasteiger partial charge in [-0.2, -0.15) is 0 Å². The van der Waals surface area contributed by atoms with Crippen LogP contribution in [0.1, 0.15) is 5.56 Å². The van der Waals surface area contributed by atoms with Crippen LogP contribution >= 0.6 is 0 Å². The van der Waals surface area contributed by atoms with Crippen LogP contribution in [0.2, 0.25) is 0 Å². The largest absolute Gasteiger partial charge is 0.507 e. The van der Waals surface area contributed by atoms with Crippen LogP contribution in [-0.4, -0.2) is 19.5 Å². The standard InChI is InChI=1S/C43H29N3O2/c1-27-12-2-3-15-31(27)30-25-36(44-37(26-30)34-17-4-6-20-38(34)47)28-13-10-14-29(24-28)41-42(46-23-9-8-22-40(46)45-41)35-19-11-18-33-32-16-5-7-21-39(32)48-43(33)35/h2-26,47H,1H3. The van der Waals surface area contributed by atoms with Gasteiger partial charge in [0.2, 0.25) is 0 Å². The lowest BCUT2D eigenvalue weighted by Gasteiger charge is -2.13. The van der Waals surface area contributed by atoms with Crippen LogP contribution in [0, 0.1) is 6.92 Å². The molecular formula is C43H29N3O2. The van der Waals surface area contributed by atoms with E-state index in [-0.39, 0.29) is 5.75 Å². The van der Waals surface area contributed by atoms with E-state index in [0.29, 0.717) is 11.3 Å². The maximum absolute atomic E-state index is 10.8. The molecular weight excluding hydrogens is 590 g/mol. The minimum atomic E-state index is 0.195. The van der Waals surface area contributed by atoms with E-state index in [1.165, 1.54) is 5.56 Å².